The largest absolute Gasteiger partial charge is 0.548 e. The van der Waals surface area contributed by atoms with Gasteiger partial charge in [-0.15, -0.1) is 0 Å². The van der Waals surface area contributed by atoms with Crippen molar-refractivity contribution >= 4 is 29.7 Å². The smallest absolute Gasteiger partial charge is 0.408 e. The number of rotatable bonds is 6. The fourth-order valence-electron chi connectivity index (χ4n) is 2.42. The zero-order valence-corrected chi connectivity index (χ0v) is 14.9. The van der Waals surface area contributed by atoms with Crippen molar-refractivity contribution in [3.05, 3.63) is 0 Å². The molecule has 2 amide bonds. The van der Waals surface area contributed by atoms with Crippen molar-refractivity contribution in [2.75, 3.05) is 18.6 Å². The number of likely N-dealkylation sites (tertiary alicyclic amines) is 1. The number of nitrogens with zero attached hydrogens (tertiary/aromatic N) is 1. The fourth-order valence-corrected chi connectivity index (χ4v) is 2.89. The molecule has 23 heavy (non-hydrogen) atoms. The zero-order chi connectivity index (χ0) is 17.6. The molecule has 1 heterocycles. The topological polar surface area (TPSA) is 98.8 Å². The van der Waals surface area contributed by atoms with Crippen molar-refractivity contribution in [2.45, 2.75) is 57.7 Å². The number of carboxylic acid groups (broad SMARTS) is 1. The van der Waals surface area contributed by atoms with E-state index in [1.807, 2.05) is 6.26 Å². The van der Waals surface area contributed by atoms with Gasteiger partial charge in [0.15, 0.2) is 0 Å². The van der Waals surface area contributed by atoms with Crippen molar-refractivity contribution in [1.82, 2.24) is 10.2 Å². The molecule has 0 aromatic carbocycles. The predicted molar refractivity (Wildman–Crippen MR) is 85.9 cm³/mol. The monoisotopic (exact) mass is 345 g/mol. The van der Waals surface area contributed by atoms with Gasteiger partial charge in [0.05, 0.1) is 12.0 Å². The molecular weight excluding hydrogens is 320 g/mol. The van der Waals surface area contributed by atoms with Crippen LogP contribution in [0.5, 0.6) is 0 Å². The lowest BCUT2D eigenvalue weighted by atomic mass is 10.1. The summed E-state index contributed by atoms with van der Waals surface area (Å²) in [6.07, 6.45) is 2.63. The van der Waals surface area contributed by atoms with E-state index in [-0.39, 0.29) is 0 Å². The van der Waals surface area contributed by atoms with Crippen LogP contribution < -0.4 is 10.4 Å². The summed E-state index contributed by atoms with van der Waals surface area (Å²) in [6.45, 7) is 5.57. The Balaban J connectivity index is 2.78. The lowest BCUT2D eigenvalue weighted by Crippen LogP contribution is -2.54. The molecule has 1 aliphatic rings. The second kappa shape index (κ2) is 8.42. The highest BCUT2D eigenvalue weighted by Gasteiger charge is 2.34. The number of carbonyl (C=O) groups is 3. The van der Waals surface area contributed by atoms with E-state index < -0.39 is 35.7 Å². The van der Waals surface area contributed by atoms with Gasteiger partial charge in [0.1, 0.15) is 11.6 Å². The minimum atomic E-state index is -1.25. The van der Waals surface area contributed by atoms with Crippen LogP contribution in [-0.4, -0.2) is 59.1 Å². The summed E-state index contributed by atoms with van der Waals surface area (Å²) in [5.74, 6) is -0.982. The fraction of sp³-hybridized carbons (Fsp3) is 0.800. The van der Waals surface area contributed by atoms with Gasteiger partial charge < -0.3 is 24.9 Å². The summed E-state index contributed by atoms with van der Waals surface area (Å²) in [4.78, 5) is 37.0. The third-order valence-corrected chi connectivity index (χ3v) is 4.05. The van der Waals surface area contributed by atoms with Crippen LogP contribution in [0.25, 0.3) is 0 Å². The highest BCUT2D eigenvalue weighted by Crippen LogP contribution is 2.19. The van der Waals surface area contributed by atoms with E-state index in [9.17, 15) is 19.5 Å². The summed E-state index contributed by atoms with van der Waals surface area (Å²) >= 11 is 1.55. The third kappa shape index (κ3) is 6.29. The first-order valence-electron chi connectivity index (χ1n) is 7.65. The van der Waals surface area contributed by atoms with Gasteiger partial charge >= 0.3 is 6.09 Å². The number of hydrogen-bond acceptors (Lipinski definition) is 6. The number of ether oxygens (including phenoxy) is 1. The molecule has 1 fully saturated rings. The van der Waals surface area contributed by atoms with Crippen LogP contribution in [0.4, 0.5) is 4.79 Å². The van der Waals surface area contributed by atoms with Crippen LogP contribution in [0.3, 0.4) is 0 Å². The van der Waals surface area contributed by atoms with Crippen LogP contribution in [0.2, 0.25) is 0 Å². The average Bonchev–Trinajstić information content (AvgIpc) is 2.90. The first kappa shape index (κ1) is 19.6. The SMILES string of the molecule is CSCC[C@H](NC(=O)OC(C)(C)C)C(=O)N1CCC[C@H]1C(=O)[O-]. The Bertz CT molecular complexity index is 450. The number of alkyl carbamates (subject to hydrolysis) is 1. The molecule has 1 saturated heterocycles. The van der Waals surface area contributed by atoms with Gasteiger partial charge in [-0.2, -0.15) is 11.8 Å². The van der Waals surface area contributed by atoms with Crippen LogP contribution >= 0.6 is 11.8 Å². The Kier molecular flexibility index (Phi) is 7.18. The number of hydrogen-bond donors (Lipinski definition) is 1. The van der Waals surface area contributed by atoms with Gasteiger partial charge in [-0.25, -0.2) is 4.79 Å². The first-order valence-corrected chi connectivity index (χ1v) is 9.05. The molecule has 0 aliphatic carbocycles. The summed E-state index contributed by atoms with van der Waals surface area (Å²) in [5.41, 5.74) is -0.668. The van der Waals surface area contributed by atoms with Crippen molar-refractivity contribution < 1.29 is 24.2 Å². The number of amides is 2. The second-order valence-corrected chi connectivity index (χ2v) is 7.47. The number of carbonyl (C=O) groups excluding carboxylic acids is 3. The maximum absolute atomic E-state index is 12.6. The van der Waals surface area contributed by atoms with Crippen LogP contribution in [0, 0.1) is 0 Å². The van der Waals surface area contributed by atoms with Gasteiger partial charge in [0.25, 0.3) is 0 Å². The molecule has 0 bridgehead atoms. The van der Waals surface area contributed by atoms with E-state index in [0.717, 1.165) is 0 Å². The van der Waals surface area contributed by atoms with E-state index in [0.29, 0.717) is 31.6 Å². The minimum Gasteiger partial charge on any atom is -0.548 e. The molecule has 0 saturated carbocycles. The third-order valence-electron chi connectivity index (χ3n) is 3.41. The Morgan fingerprint density at radius 2 is 2.04 bits per heavy atom. The van der Waals surface area contributed by atoms with E-state index in [1.54, 1.807) is 32.5 Å². The molecule has 0 radical (unpaired) electrons. The summed E-state index contributed by atoms with van der Waals surface area (Å²) in [7, 11) is 0. The molecule has 0 spiro atoms. The molecule has 8 heteroatoms. The Morgan fingerprint density at radius 3 is 2.57 bits per heavy atom. The Labute approximate surface area is 141 Å². The normalized spacial score (nSPS) is 19.3. The van der Waals surface area contributed by atoms with E-state index in [4.69, 9.17) is 4.74 Å². The molecule has 132 valence electrons. The highest BCUT2D eigenvalue weighted by atomic mass is 32.2. The molecule has 0 aromatic rings. The van der Waals surface area contributed by atoms with E-state index >= 15 is 0 Å². The van der Waals surface area contributed by atoms with Gasteiger partial charge in [-0.1, -0.05) is 0 Å². The van der Waals surface area contributed by atoms with Gasteiger partial charge in [0, 0.05) is 6.54 Å². The summed E-state index contributed by atoms with van der Waals surface area (Å²) < 4.78 is 5.18. The van der Waals surface area contributed by atoms with Crippen LogP contribution in [0.1, 0.15) is 40.0 Å². The molecule has 0 aromatic heterocycles. The molecular formula is C15H25N2O5S-. The van der Waals surface area contributed by atoms with E-state index in [1.165, 1.54) is 4.90 Å². The molecule has 0 unspecified atom stereocenters. The predicted octanol–water partition coefficient (Wildman–Crippen LogP) is 0.374. The molecule has 1 N–H and O–H groups in total. The maximum Gasteiger partial charge on any atom is 0.408 e. The van der Waals surface area contributed by atoms with Gasteiger partial charge in [-0.3, -0.25) is 4.79 Å². The Hall–Kier alpha value is -1.44. The van der Waals surface area contributed by atoms with E-state index in [2.05, 4.69) is 5.32 Å². The van der Waals surface area contributed by atoms with Gasteiger partial charge in [-0.05, 0) is 52.0 Å². The van der Waals surface area contributed by atoms with Gasteiger partial charge in [0.2, 0.25) is 5.91 Å². The highest BCUT2D eigenvalue weighted by molar-refractivity contribution is 7.98. The lowest BCUT2D eigenvalue weighted by molar-refractivity contribution is -0.310. The maximum atomic E-state index is 12.6. The number of thioether (sulfide) groups is 1. The zero-order valence-electron chi connectivity index (χ0n) is 14.1. The lowest BCUT2D eigenvalue weighted by Gasteiger charge is -2.30. The minimum absolute atomic E-state index is 0.364. The van der Waals surface area contributed by atoms with Crippen molar-refractivity contribution in [3.8, 4) is 0 Å². The molecule has 7 nitrogen and oxygen atoms in total. The first-order chi connectivity index (χ1) is 10.7. The van der Waals surface area contributed by atoms with Crippen molar-refractivity contribution in [1.29, 1.82) is 0 Å². The summed E-state index contributed by atoms with van der Waals surface area (Å²) in [5, 5.41) is 13.7. The Morgan fingerprint density at radius 1 is 1.39 bits per heavy atom. The second-order valence-electron chi connectivity index (χ2n) is 6.49. The molecule has 2 atom stereocenters. The standard InChI is InChI=1S/C15H26N2O5S/c1-15(2,3)22-14(21)16-10(7-9-23-4)12(18)17-8-5-6-11(17)13(19)20/h10-11H,5-9H2,1-4H3,(H,16,21)(H,19,20)/p-1/t10-,11-/m0/s1. The summed E-state index contributed by atoms with van der Waals surface area (Å²) in [6, 6.07) is -1.71. The number of nitrogens with one attached hydrogen (secondary N) is 1. The number of aliphatic carboxylic acids is 1. The number of carboxylic acids is 1. The molecule has 1 aliphatic heterocycles. The average molecular weight is 345 g/mol. The van der Waals surface area contributed by atoms with Crippen molar-refractivity contribution in [3.63, 3.8) is 0 Å². The van der Waals surface area contributed by atoms with Crippen molar-refractivity contribution in [2.24, 2.45) is 0 Å². The van der Waals surface area contributed by atoms with Crippen LogP contribution in [0.15, 0.2) is 0 Å². The molecule has 1 rings (SSSR count). The quantitative estimate of drug-likeness (QED) is 0.747. The van der Waals surface area contributed by atoms with Crippen LogP contribution in [-0.2, 0) is 14.3 Å².